The fourth-order valence-corrected chi connectivity index (χ4v) is 1.54. The molecule has 5 heteroatoms. The third kappa shape index (κ3) is 2.38. The molecule has 0 aliphatic carbocycles. The highest BCUT2D eigenvalue weighted by Gasteiger charge is 2.07. The van der Waals surface area contributed by atoms with Crippen molar-refractivity contribution in [3.63, 3.8) is 0 Å². The molecule has 0 amide bonds. The van der Waals surface area contributed by atoms with Gasteiger partial charge >= 0.3 is 0 Å². The summed E-state index contributed by atoms with van der Waals surface area (Å²) in [6, 6.07) is 4.84. The van der Waals surface area contributed by atoms with E-state index in [-0.39, 0.29) is 11.6 Å². The Kier molecular flexibility index (Phi) is 3.27. The van der Waals surface area contributed by atoms with Gasteiger partial charge in [0.25, 0.3) is 0 Å². The molecule has 0 unspecified atom stereocenters. The van der Waals surface area contributed by atoms with Gasteiger partial charge in [-0.1, -0.05) is 0 Å². The lowest BCUT2D eigenvalue weighted by molar-refractivity contribution is 0.321. The summed E-state index contributed by atoms with van der Waals surface area (Å²) in [5.74, 6) is 0.545. The highest BCUT2D eigenvalue weighted by molar-refractivity contribution is 5.61. The average molecular weight is 235 g/mol. The second-order valence-electron chi connectivity index (χ2n) is 3.47. The summed E-state index contributed by atoms with van der Waals surface area (Å²) in [4.78, 5) is 7.11. The minimum Gasteiger partial charge on any atom is -0.491 e. The summed E-state index contributed by atoms with van der Waals surface area (Å²) in [6.45, 7) is 2.27. The molecule has 0 spiro atoms. The van der Waals surface area contributed by atoms with Crippen molar-refractivity contribution >= 4 is 5.95 Å². The van der Waals surface area contributed by atoms with Crippen LogP contribution in [-0.2, 0) is 0 Å². The van der Waals surface area contributed by atoms with E-state index in [1.165, 1.54) is 6.07 Å². The van der Waals surface area contributed by atoms with Gasteiger partial charge in [0.2, 0.25) is 0 Å². The van der Waals surface area contributed by atoms with Gasteiger partial charge in [-0.25, -0.2) is 9.37 Å². The standard InChI is InChI=1S/C12H14FN3O/c1-3-17-11-5-4-8(6-9(11)13)10-7-15-12(14-2)16-10/h4-7H,3H2,1-2H3,(H2,14,15,16). The number of anilines is 1. The molecule has 0 atom stereocenters. The number of aromatic amines is 1. The van der Waals surface area contributed by atoms with E-state index < -0.39 is 0 Å². The molecule has 1 aromatic heterocycles. The van der Waals surface area contributed by atoms with Crippen molar-refractivity contribution in [3.8, 4) is 17.0 Å². The van der Waals surface area contributed by atoms with Crippen LogP contribution in [0.3, 0.4) is 0 Å². The van der Waals surface area contributed by atoms with Crippen molar-refractivity contribution in [1.82, 2.24) is 9.97 Å². The number of aromatic nitrogens is 2. The van der Waals surface area contributed by atoms with Gasteiger partial charge in [-0.15, -0.1) is 0 Å². The zero-order valence-electron chi connectivity index (χ0n) is 9.75. The van der Waals surface area contributed by atoms with Crippen LogP contribution in [0, 0.1) is 5.82 Å². The summed E-state index contributed by atoms with van der Waals surface area (Å²) in [6.07, 6.45) is 1.65. The SMILES string of the molecule is CCOc1ccc(-c2cnc(NC)[nH]2)cc1F. The van der Waals surface area contributed by atoms with Crippen molar-refractivity contribution in [3.05, 3.63) is 30.2 Å². The highest BCUT2D eigenvalue weighted by atomic mass is 19.1. The van der Waals surface area contributed by atoms with Gasteiger partial charge in [-0.3, -0.25) is 0 Å². The van der Waals surface area contributed by atoms with E-state index >= 15 is 0 Å². The maximum atomic E-state index is 13.6. The average Bonchev–Trinajstić information content (AvgIpc) is 2.80. The van der Waals surface area contributed by atoms with Crippen molar-refractivity contribution in [2.24, 2.45) is 0 Å². The largest absolute Gasteiger partial charge is 0.491 e. The van der Waals surface area contributed by atoms with Crippen molar-refractivity contribution < 1.29 is 9.13 Å². The van der Waals surface area contributed by atoms with E-state index in [2.05, 4.69) is 15.3 Å². The molecule has 90 valence electrons. The molecule has 4 nitrogen and oxygen atoms in total. The summed E-state index contributed by atoms with van der Waals surface area (Å²) in [7, 11) is 1.77. The molecule has 1 aromatic carbocycles. The molecular formula is C12H14FN3O. The first-order valence-corrected chi connectivity index (χ1v) is 5.40. The molecule has 0 aliphatic heterocycles. The topological polar surface area (TPSA) is 49.9 Å². The lowest BCUT2D eigenvalue weighted by atomic mass is 10.1. The molecule has 2 rings (SSSR count). The molecule has 0 aliphatic rings. The minimum absolute atomic E-state index is 0.268. The van der Waals surface area contributed by atoms with Gasteiger partial charge in [0, 0.05) is 12.6 Å². The Labute approximate surface area is 98.8 Å². The van der Waals surface area contributed by atoms with Crippen LogP contribution in [-0.4, -0.2) is 23.6 Å². The van der Waals surface area contributed by atoms with Gasteiger partial charge in [0.05, 0.1) is 18.5 Å². The first kappa shape index (κ1) is 11.4. The molecule has 0 radical (unpaired) electrons. The van der Waals surface area contributed by atoms with Gasteiger partial charge < -0.3 is 15.0 Å². The van der Waals surface area contributed by atoms with E-state index in [4.69, 9.17) is 4.74 Å². The number of H-pyrrole nitrogens is 1. The Bertz CT molecular complexity index is 510. The highest BCUT2D eigenvalue weighted by Crippen LogP contribution is 2.25. The van der Waals surface area contributed by atoms with E-state index in [9.17, 15) is 4.39 Å². The summed E-state index contributed by atoms with van der Waals surface area (Å²) >= 11 is 0. The van der Waals surface area contributed by atoms with Crippen LogP contribution in [0.4, 0.5) is 10.3 Å². The third-order valence-corrected chi connectivity index (χ3v) is 2.36. The lowest BCUT2D eigenvalue weighted by Gasteiger charge is -2.05. The molecule has 1 heterocycles. The second-order valence-corrected chi connectivity index (χ2v) is 3.47. The maximum Gasteiger partial charge on any atom is 0.200 e. The Hall–Kier alpha value is -2.04. The number of rotatable bonds is 4. The van der Waals surface area contributed by atoms with E-state index in [0.29, 0.717) is 12.6 Å². The molecule has 0 bridgehead atoms. The van der Waals surface area contributed by atoms with E-state index in [1.54, 1.807) is 25.4 Å². The normalized spacial score (nSPS) is 10.3. The van der Waals surface area contributed by atoms with Crippen molar-refractivity contribution in [1.29, 1.82) is 0 Å². The summed E-state index contributed by atoms with van der Waals surface area (Å²) in [5, 5.41) is 2.88. The first-order valence-electron chi connectivity index (χ1n) is 5.40. The van der Waals surface area contributed by atoms with Gasteiger partial charge in [-0.05, 0) is 25.1 Å². The van der Waals surface area contributed by atoms with Crippen LogP contribution in [0.5, 0.6) is 5.75 Å². The van der Waals surface area contributed by atoms with Crippen molar-refractivity contribution in [2.45, 2.75) is 6.92 Å². The molecule has 0 saturated carbocycles. The number of benzene rings is 1. The van der Waals surface area contributed by atoms with Crippen LogP contribution in [0.1, 0.15) is 6.92 Å². The number of nitrogens with zero attached hydrogens (tertiary/aromatic N) is 1. The van der Waals surface area contributed by atoms with Crippen LogP contribution in [0.15, 0.2) is 24.4 Å². The van der Waals surface area contributed by atoms with Gasteiger partial charge in [0.15, 0.2) is 17.5 Å². The number of halogens is 1. The van der Waals surface area contributed by atoms with Gasteiger partial charge in [0.1, 0.15) is 0 Å². The Morgan fingerprint density at radius 2 is 2.29 bits per heavy atom. The molecule has 0 saturated heterocycles. The predicted octanol–water partition coefficient (Wildman–Crippen LogP) is 2.66. The molecular weight excluding hydrogens is 221 g/mol. The Morgan fingerprint density at radius 3 is 2.88 bits per heavy atom. The zero-order valence-corrected chi connectivity index (χ0v) is 9.75. The fourth-order valence-electron chi connectivity index (χ4n) is 1.54. The second kappa shape index (κ2) is 4.86. The van der Waals surface area contributed by atoms with Crippen LogP contribution in [0.2, 0.25) is 0 Å². The van der Waals surface area contributed by atoms with Crippen LogP contribution >= 0.6 is 0 Å². The van der Waals surface area contributed by atoms with E-state index in [0.717, 1.165) is 11.3 Å². The fraction of sp³-hybridized carbons (Fsp3) is 0.250. The number of imidazole rings is 1. The first-order chi connectivity index (χ1) is 8.24. The van der Waals surface area contributed by atoms with Crippen molar-refractivity contribution in [2.75, 3.05) is 19.0 Å². The van der Waals surface area contributed by atoms with Crippen LogP contribution in [0.25, 0.3) is 11.3 Å². The summed E-state index contributed by atoms with van der Waals surface area (Å²) < 4.78 is 18.8. The number of nitrogens with one attached hydrogen (secondary N) is 2. The zero-order chi connectivity index (χ0) is 12.3. The van der Waals surface area contributed by atoms with Crippen LogP contribution < -0.4 is 10.1 Å². The van der Waals surface area contributed by atoms with Gasteiger partial charge in [-0.2, -0.15) is 0 Å². The third-order valence-electron chi connectivity index (χ3n) is 2.36. The number of ether oxygens (including phenoxy) is 1. The predicted molar refractivity (Wildman–Crippen MR) is 64.7 cm³/mol. The lowest BCUT2D eigenvalue weighted by Crippen LogP contribution is -1.94. The molecule has 17 heavy (non-hydrogen) atoms. The summed E-state index contributed by atoms with van der Waals surface area (Å²) in [5.41, 5.74) is 1.50. The molecule has 2 aromatic rings. The molecule has 0 fully saturated rings. The Morgan fingerprint density at radius 1 is 1.47 bits per heavy atom. The Balaban J connectivity index is 2.30. The number of hydrogen-bond donors (Lipinski definition) is 2. The van der Waals surface area contributed by atoms with E-state index in [1.807, 2.05) is 6.92 Å². The monoisotopic (exact) mass is 235 g/mol. The number of hydrogen-bond acceptors (Lipinski definition) is 3. The smallest absolute Gasteiger partial charge is 0.200 e. The molecule has 2 N–H and O–H groups in total. The maximum absolute atomic E-state index is 13.6. The quantitative estimate of drug-likeness (QED) is 0.856. The minimum atomic E-state index is -0.370.